The van der Waals surface area contributed by atoms with Crippen molar-refractivity contribution in [3.63, 3.8) is 0 Å². The molecule has 1 aromatic heterocycles. The normalized spacial score (nSPS) is 19.5. The third-order valence-corrected chi connectivity index (χ3v) is 4.33. The molecule has 0 bridgehead atoms. The second-order valence-corrected chi connectivity index (χ2v) is 6.11. The Bertz CT molecular complexity index is 613. The lowest BCUT2D eigenvalue weighted by molar-refractivity contribution is -0.0295. The van der Waals surface area contributed by atoms with E-state index in [-0.39, 0.29) is 6.10 Å². The lowest BCUT2D eigenvalue weighted by Crippen LogP contribution is -2.39. The predicted octanol–water partition coefficient (Wildman–Crippen LogP) is 3.17. The van der Waals surface area contributed by atoms with Crippen LogP contribution < -0.4 is 0 Å². The van der Waals surface area contributed by atoms with Gasteiger partial charge in [0.05, 0.1) is 18.9 Å². The van der Waals surface area contributed by atoms with E-state index in [1.807, 2.05) is 29.1 Å². The van der Waals surface area contributed by atoms with E-state index in [0.29, 0.717) is 0 Å². The summed E-state index contributed by atoms with van der Waals surface area (Å²) in [7, 11) is 0. The molecule has 0 saturated carbocycles. The Hall–Kier alpha value is -1.36. The molecule has 3 rings (SSSR count). The van der Waals surface area contributed by atoms with Crippen LogP contribution in [0.1, 0.15) is 24.2 Å². The van der Waals surface area contributed by atoms with Crippen LogP contribution in [0, 0.1) is 0 Å². The fourth-order valence-electron chi connectivity index (χ4n) is 2.81. The number of aromatic nitrogens is 2. The number of morpholine rings is 1. The quantitative estimate of drug-likeness (QED) is 0.848. The molecule has 2 aromatic rings. The van der Waals surface area contributed by atoms with Gasteiger partial charge in [0.2, 0.25) is 0 Å². The molecule has 1 saturated heterocycles. The zero-order valence-corrected chi connectivity index (χ0v) is 13.7. The molecule has 0 aliphatic carbocycles. The van der Waals surface area contributed by atoms with Crippen LogP contribution in [0.2, 0.25) is 5.02 Å². The van der Waals surface area contributed by atoms with Gasteiger partial charge in [-0.1, -0.05) is 23.7 Å². The summed E-state index contributed by atoms with van der Waals surface area (Å²) >= 11 is 6.08. The summed E-state index contributed by atoms with van der Waals surface area (Å²) in [5.41, 5.74) is 2.46. The van der Waals surface area contributed by atoms with E-state index in [4.69, 9.17) is 16.3 Å². The molecule has 0 radical (unpaired) electrons. The molecule has 1 atom stereocenters. The highest BCUT2D eigenvalue weighted by Crippen LogP contribution is 2.24. The summed E-state index contributed by atoms with van der Waals surface area (Å²) in [4.78, 5) is 2.46. The molecule has 0 unspecified atom stereocenters. The van der Waals surface area contributed by atoms with Gasteiger partial charge in [-0.3, -0.25) is 9.58 Å². The number of hydrogen-bond donors (Lipinski definition) is 0. The largest absolute Gasteiger partial charge is 0.371 e. The molecule has 2 heterocycles. The van der Waals surface area contributed by atoms with Crippen LogP contribution in [0.4, 0.5) is 0 Å². The first-order valence-electron chi connectivity index (χ1n) is 7.85. The van der Waals surface area contributed by atoms with Crippen molar-refractivity contribution in [2.24, 2.45) is 0 Å². The lowest BCUT2D eigenvalue weighted by atomic mass is 10.1. The Morgan fingerprint density at radius 1 is 1.41 bits per heavy atom. The maximum atomic E-state index is 6.08. The Morgan fingerprint density at radius 2 is 2.32 bits per heavy atom. The molecule has 5 heteroatoms. The van der Waals surface area contributed by atoms with Gasteiger partial charge < -0.3 is 4.74 Å². The van der Waals surface area contributed by atoms with Crippen molar-refractivity contribution >= 4 is 11.6 Å². The summed E-state index contributed by atoms with van der Waals surface area (Å²) in [6, 6.07) is 7.97. The fraction of sp³-hybridized carbons (Fsp3) is 0.471. The van der Waals surface area contributed by atoms with Crippen molar-refractivity contribution in [3.05, 3.63) is 52.8 Å². The predicted molar refractivity (Wildman–Crippen MR) is 88.2 cm³/mol. The fourth-order valence-corrected chi connectivity index (χ4v) is 3.01. The van der Waals surface area contributed by atoms with Crippen LogP contribution in [0.15, 0.2) is 36.7 Å². The first-order chi connectivity index (χ1) is 10.7. The van der Waals surface area contributed by atoms with Gasteiger partial charge in [0.1, 0.15) is 0 Å². The minimum Gasteiger partial charge on any atom is -0.371 e. The molecular weight excluding hydrogens is 298 g/mol. The molecule has 0 N–H and O–H groups in total. The number of halogens is 1. The smallest absolute Gasteiger partial charge is 0.0952 e. The van der Waals surface area contributed by atoms with E-state index in [1.165, 1.54) is 5.56 Å². The van der Waals surface area contributed by atoms with Crippen molar-refractivity contribution in [3.8, 4) is 0 Å². The lowest BCUT2D eigenvalue weighted by Gasteiger charge is -2.33. The standard InChI is InChI=1S/C17H22ClN3O/c1-2-21-12-14(11-19-21)6-7-20-8-9-22-17(13-20)15-4-3-5-16(18)10-15/h3-5,10-12,17H,2,6-9,13H2,1H3/t17-/m0/s1. The number of benzene rings is 1. The van der Waals surface area contributed by atoms with Gasteiger partial charge in [-0.25, -0.2) is 0 Å². The van der Waals surface area contributed by atoms with Gasteiger partial charge >= 0.3 is 0 Å². The van der Waals surface area contributed by atoms with Crippen molar-refractivity contribution < 1.29 is 4.74 Å². The Morgan fingerprint density at radius 3 is 3.09 bits per heavy atom. The van der Waals surface area contributed by atoms with Crippen molar-refractivity contribution in [1.29, 1.82) is 0 Å². The van der Waals surface area contributed by atoms with Gasteiger partial charge in [-0.15, -0.1) is 0 Å². The van der Waals surface area contributed by atoms with Crippen LogP contribution in [0.25, 0.3) is 0 Å². The molecule has 1 aliphatic heterocycles. The molecule has 0 amide bonds. The number of rotatable bonds is 5. The molecule has 22 heavy (non-hydrogen) atoms. The Balaban J connectivity index is 1.56. The highest BCUT2D eigenvalue weighted by atomic mass is 35.5. The molecule has 118 valence electrons. The molecule has 1 fully saturated rings. The summed E-state index contributed by atoms with van der Waals surface area (Å²) in [6.07, 6.45) is 5.25. The highest BCUT2D eigenvalue weighted by molar-refractivity contribution is 6.30. The van der Waals surface area contributed by atoms with Crippen molar-refractivity contribution in [1.82, 2.24) is 14.7 Å². The Kier molecular flexibility index (Phi) is 5.13. The van der Waals surface area contributed by atoms with Gasteiger partial charge in [0.15, 0.2) is 0 Å². The summed E-state index contributed by atoms with van der Waals surface area (Å²) in [6.45, 7) is 6.74. The Labute approximate surface area is 136 Å². The van der Waals surface area contributed by atoms with Gasteiger partial charge in [-0.05, 0) is 36.6 Å². The topological polar surface area (TPSA) is 30.3 Å². The van der Waals surface area contributed by atoms with Crippen molar-refractivity contribution in [2.45, 2.75) is 26.0 Å². The van der Waals surface area contributed by atoms with Crippen LogP contribution in [0.5, 0.6) is 0 Å². The molecule has 1 aliphatic rings. The van der Waals surface area contributed by atoms with E-state index in [2.05, 4.69) is 29.2 Å². The number of ether oxygens (including phenoxy) is 1. The average Bonchev–Trinajstić information content (AvgIpc) is 3.01. The second kappa shape index (κ2) is 7.27. The van der Waals surface area contributed by atoms with E-state index in [0.717, 1.165) is 49.8 Å². The SMILES string of the molecule is CCn1cc(CCN2CCO[C@H](c3cccc(Cl)c3)C2)cn1. The van der Waals surface area contributed by atoms with Crippen LogP contribution in [-0.4, -0.2) is 40.9 Å². The van der Waals surface area contributed by atoms with Crippen LogP contribution in [-0.2, 0) is 17.7 Å². The first kappa shape index (κ1) is 15.5. The zero-order valence-electron chi connectivity index (χ0n) is 12.9. The van der Waals surface area contributed by atoms with Crippen LogP contribution in [0.3, 0.4) is 0 Å². The maximum Gasteiger partial charge on any atom is 0.0952 e. The average molecular weight is 320 g/mol. The first-order valence-corrected chi connectivity index (χ1v) is 8.23. The minimum atomic E-state index is 0.116. The van der Waals surface area contributed by atoms with E-state index >= 15 is 0 Å². The molecule has 4 nitrogen and oxygen atoms in total. The summed E-state index contributed by atoms with van der Waals surface area (Å²) in [5.74, 6) is 0. The third kappa shape index (κ3) is 3.88. The van der Waals surface area contributed by atoms with E-state index < -0.39 is 0 Å². The number of nitrogens with zero attached hydrogens (tertiary/aromatic N) is 3. The minimum absolute atomic E-state index is 0.116. The number of aryl methyl sites for hydroxylation is 1. The maximum absolute atomic E-state index is 6.08. The van der Waals surface area contributed by atoms with Crippen LogP contribution >= 0.6 is 11.6 Å². The molecule has 0 spiro atoms. The van der Waals surface area contributed by atoms with E-state index in [9.17, 15) is 0 Å². The number of hydrogen-bond acceptors (Lipinski definition) is 3. The third-order valence-electron chi connectivity index (χ3n) is 4.10. The molecular formula is C17H22ClN3O. The summed E-state index contributed by atoms with van der Waals surface area (Å²) in [5, 5.41) is 5.10. The van der Waals surface area contributed by atoms with Gasteiger partial charge in [0, 0.05) is 37.4 Å². The zero-order chi connectivity index (χ0) is 15.4. The van der Waals surface area contributed by atoms with Gasteiger partial charge in [-0.2, -0.15) is 5.10 Å². The van der Waals surface area contributed by atoms with Crippen molar-refractivity contribution in [2.75, 3.05) is 26.2 Å². The highest BCUT2D eigenvalue weighted by Gasteiger charge is 2.21. The second-order valence-electron chi connectivity index (χ2n) is 5.67. The van der Waals surface area contributed by atoms with Gasteiger partial charge in [0.25, 0.3) is 0 Å². The molecule has 1 aromatic carbocycles. The van der Waals surface area contributed by atoms with E-state index in [1.54, 1.807) is 0 Å². The monoisotopic (exact) mass is 319 g/mol. The summed E-state index contributed by atoms with van der Waals surface area (Å²) < 4.78 is 7.88.